The van der Waals surface area contributed by atoms with Gasteiger partial charge in [0.15, 0.2) is 5.82 Å². The first-order valence-corrected chi connectivity index (χ1v) is 9.58. The predicted octanol–water partition coefficient (Wildman–Crippen LogP) is 3.70. The summed E-state index contributed by atoms with van der Waals surface area (Å²) in [5.74, 6) is -0.907. The molecule has 0 saturated carbocycles. The molecule has 1 saturated heterocycles. The number of carbonyl (C=O) groups excluding carboxylic acids is 2. The number of anilines is 1. The van der Waals surface area contributed by atoms with Crippen molar-refractivity contribution in [2.75, 3.05) is 11.9 Å². The Morgan fingerprint density at radius 3 is 2.62 bits per heavy atom. The predicted molar refractivity (Wildman–Crippen MR) is 107 cm³/mol. The number of aromatic nitrogens is 2. The summed E-state index contributed by atoms with van der Waals surface area (Å²) in [4.78, 5) is 27.2. The van der Waals surface area contributed by atoms with E-state index < -0.39 is 11.9 Å². The second-order valence-electron chi connectivity index (χ2n) is 6.96. The molecule has 1 aromatic heterocycles. The van der Waals surface area contributed by atoms with Gasteiger partial charge in [-0.1, -0.05) is 30.3 Å². The highest BCUT2D eigenvalue weighted by Gasteiger charge is 2.32. The smallest absolute Gasteiger partial charge is 0.251 e. The molecule has 29 heavy (non-hydrogen) atoms. The highest BCUT2D eigenvalue weighted by molar-refractivity contribution is 5.98. The Hall–Kier alpha value is -3.48. The van der Waals surface area contributed by atoms with Crippen molar-refractivity contribution in [1.29, 1.82) is 0 Å². The standard InChI is InChI=1S/C22H21FN4O2/c23-18-15-17(10-11-19(18)27-14-6-12-24-27)25-22(29)21(16-7-2-1-3-8-16)26-13-5-4-9-20(26)28/h1-3,6-8,10-12,14-15,21H,4-5,9,13H2,(H,25,29)/t21-/m0/s1. The number of carbonyl (C=O) groups is 2. The molecule has 1 aliphatic rings. The van der Waals surface area contributed by atoms with Crippen LogP contribution in [0.4, 0.5) is 10.1 Å². The molecule has 0 bridgehead atoms. The molecule has 1 N–H and O–H groups in total. The van der Waals surface area contributed by atoms with Crippen LogP contribution in [-0.2, 0) is 9.59 Å². The Morgan fingerprint density at radius 1 is 1.10 bits per heavy atom. The Labute approximate surface area is 167 Å². The average molecular weight is 392 g/mol. The lowest BCUT2D eigenvalue weighted by atomic mass is 10.0. The third-order valence-electron chi connectivity index (χ3n) is 5.00. The normalized spacial score (nSPS) is 15.2. The highest BCUT2D eigenvalue weighted by Crippen LogP contribution is 2.27. The maximum atomic E-state index is 14.5. The largest absolute Gasteiger partial charge is 0.327 e. The first-order valence-electron chi connectivity index (χ1n) is 9.58. The molecule has 148 valence electrons. The molecule has 3 aromatic rings. The van der Waals surface area contributed by atoms with Crippen LogP contribution in [0.5, 0.6) is 0 Å². The van der Waals surface area contributed by atoms with E-state index in [2.05, 4.69) is 10.4 Å². The molecule has 2 heterocycles. The van der Waals surface area contributed by atoms with Gasteiger partial charge >= 0.3 is 0 Å². The van der Waals surface area contributed by atoms with E-state index in [4.69, 9.17) is 0 Å². The van der Waals surface area contributed by atoms with E-state index in [-0.39, 0.29) is 11.8 Å². The summed E-state index contributed by atoms with van der Waals surface area (Å²) in [6, 6.07) is 14.6. The van der Waals surface area contributed by atoms with Crippen LogP contribution in [0.2, 0.25) is 0 Å². The minimum atomic E-state index is -0.752. The summed E-state index contributed by atoms with van der Waals surface area (Å²) < 4.78 is 15.9. The summed E-state index contributed by atoms with van der Waals surface area (Å²) in [5.41, 5.74) is 1.35. The van der Waals surface area contributed by atoms with E-state index >= 15 is 0 Å². The average Bonchev–Trinajstić information content (AvgIpc) is 3.25. The van der Waals surface area contributed by atoms with Gasteiger partial charge in [0.05, 0.1) is 0 Å². The van der Waals surface area contributed by atoms with E-state index in [0.717, 1.165) is 18.4 Å². The van der Waals surface area contributed by atoms with Crippen LogP contribution >= 0.6 is 0 Å². The summed E-state index contributed by atoms with van der Waals surface area (Å²) >= 11 is 0. The van der Waals surface area contributed by atoms with E-state index in [9.17, 15) is 14.0 Å². The van der Waals surface area contributed by atoms with Crippen LogP contribution in [0.3, 0.4) is 0 Å². The van der Waals surface area contributed by atoms with Gasteiger partial charge in [0.1, 0.15) is 11.7 Å². The molecule has 1 aliphatic heterocycles. The molecule has 0 unspecified atom stereocenters. The molecule has 0 spiro atoms. The molecule has 2 amide bonds. The van der Waals surface area contributed by atoms with Crippen molar-refractivity contribution in [2.45, 2.75) is 25.3 Å². The molecule has 4 rings (SSSR count). The Balaban J connectivity index is 1.60. The molecule has 2 aromatic carbocycles. The van der Waals surface area contributed by atoms with Gasteiger partial charge in [-0.05, 0) is 42.7 Å². The summed E-state index contributed by atoms with van der Waals surface area (Å²) in [6.45, 7) is 0.526. The second-order valence-corrected chi connectivity index (χ2v) is 6.96. The van der Waals surface area contributed by atoms with Gasteiger partial charge in [0, 0.05) is 31.0 Å². The molecular weight excluding hydrogens is 371 g/mol. The molecule has 0 radical (unpaired) electrons. The van der Waals surface area contributed by atoms with Gasteiger partial charge < -0.3 is 10.2 Å². The van der Waals surface area contributed by atoms with Crippen molar-refractivity contribution in [3.05, 3.63) is 78.4 Å². The van der Waals surface area contributed by atoms with Gasteiger partial charge in [-0.15, -0.1) is 0 Å². The van der Waals surface area contributed by atoms with Crippen molar-refractivity contribution in [2.24, 2.45) is 0 Å². The monoisotopic (exact) mass is 392 g/mol. The number of piperidine rings is 1. The fourth-order valence-corrected chi connectivity index (χ4v) is 3.60. The van der Waals surface area contributed by atoms with E-state index in [0.29, 0.717) is 24.3 Å². The highest BCUT2D eigenvalue weighted by atomic mass is 19.1. The third-order valence-corrected chi connectivity index (χ3v) is 5.00. The van der Waals surface area contributed by atoms with Crippen LogP contribution in [0.25, 0.3) is 5.69 Å². The topological polar surface area (TPSA) is 67.2 Å². The zero-order valence-electron chi connectivity index (χ0n) is 15.8. The van der Waals surface area contributed by atoms with Gasteiger partial charge in [0.25, 0.3) is 5.91 Å². The number of nitrogens with zero attached hydrogens (tertiary/aromatic N) is 3. The number of likely N-dealkylation sites (tertiary alicyclic amines) is 1. The van der Waals surface area contributed by atoms with E-state index in [1.807, 2.05) is 30.3 Å². The minimum absolute atomic E-state index is 0.0412. The van der Waals surface area contributed by atoms with E-state index in [1.54, 1.807) is 35.5 Å². The molecule has 0 aliphatic carbocycles. The fourth-order valence-electron chi connectivity index (χ4n) is 3.60. The van der Waals surface area contributed by atoms with Crippen LogP contribution in [0.1, 0.15) is 30.9 Å². The number of rotatable bonds is 5. The lowest BCUT2D eigenvalue weighted by Crippen LogP contribution is -2.43. The number of halogens is 1. The summed E-state index contributed by atoms with van der Waals surface area (Å²) in [6.07, 6.45) is 5.33. The maximum Gasteiger partial charge on any atom is 0.251 e. The van der Waals surface area contributed by atoms with Crippen LogP contribution in [0.15, 0.2) is 67.0 Å². The Morgan fingerprint density at radius 2 is 1.93 bits per heavy atom. The van der Waals surface area contributed by atoms with Gasteiger partial charge in [-0.3, -0.25) is 9.59 Å². The molecule has 1 atom stereocenters. The van der Waals surface area contributed by atoms with Crippen molar-refractivity contribution in [3.63, 3.8) is 0 Å². The summed E-state index contributed by atoms with van der Waals surface area (Å²) in [5, 5.41) is 6.79. The number of hydrogen-bond acceptors (Lipinski definition) is 3. The van der Waals surface area contributed by atoms with Gasteiger partial charge in [-0.2, -0.15) is 5.10 Å². The van der Waals surface area contributed by atoms with Crippen LogP contribution in [0, 0.1) is 5.82 Å². The SMILES string of the molecule is O=C(Nc1ccc(-n2cccn2)c(F)c1)[C@H](c1ccccc1)N1CCCCC1=O. The van der Waals surface area contributed by atoms with Crippen molar-refractivity contribution < 1.29 is 14.0 Å². The minimum Gasteiger partial charge on any atom is -0.327 e. The lowest BCUT2D eigenvalue weighted by molar-refractivity contribution is -0.141. The van der Waals surface area contributed by atoms with Crippen molar-refractivity contribution in [3.8, 4) is 5.69 Å². The fraction of sp³-hybridized carbons (Fsp3) is 0.227. The molecule has 6 nitrogen and oxygen atoms in total. The first-order chi connectivity index (χ1) is 14.1. The quantitative estimate of drug-likeness (QED) is 0.720. The number of amides is 2. The second kappa shape index (κ2) is 8.26. The number of hydrogen-bond donors (Lipinski definition) is 1. The molecule has 7 heteroatoms. The first kappa shape index (κ1) is 18.9. The zero-order chi connectivity index (χ0) is 20.2. The van der Waals surface area contributed by atoms with Crippen molar-refractivity contribution in [1.82, 2.24) is 14.7 Å². The molecular formula is C22H21FN4O2. The number of benzene rings is 2. The Bertz CT molecular complexity index is 1000. The van der Waals surface area contributed by atoms with Crippen molar-refractivity contribution >= 4 is 17.5 Å². The maximum absolute atomic E-state index is 14.5. The third kappa shape index (κ3) is 4.03. The molecule has 1 fully saturated rings. The Kier molecular flexibility index (Phi) is 5.37. The van der Waals surface area contributed by atoms with E-state index in [1.165, 1.54) is 10.7 Å². The zero-order valence-corrected chi connectivity index (χ0v) is 15.8. The van der Waals surface area contributed by atoms with Crippen LogP contribution < -0.4 is 5.32 Å². The van der Waals surface area contributed by atoms with Gasteiger partial charge in [-0.25, -0.2) is 9.07 Å². The number of nitrogens with one attached hydrogen (secondary N) is 1. The summed E-state index contributed by atoms with van der Waals surface area (Å²) in [7, 11) is 0. The van der Waals surface area contributed by atoms with Gasteiger partial charge in [0.2, 0.25) is 5.91 Å². The lowest BCUT2D eigenvalue weighted by Gasteiger charge is -2.34. The van der Waals surface area contributed by atoms with Crippen LogP contribution in [-0.4, -0.2) is 33.0 Å².